The van der Waals surface area contributed by atoms with E-state index in [0.717, 1.165) is 36.9 Å². The molecule has 1 aromatic rings. The molecule has 22 heavy (non-hydrogen) atoms. The van der Waals surface area contributed by atoms with Gasteiger partial charge in [0.2, 0.25) is 5.91 Å². The molecular weight excluding hydrogens is 300 g/mol. The first-order valence-corrected chi connectivity index (χ1v) is 7.82. The molecule has 0 spiro atoms. The van der Waals surface area contributed by atoms with Gasteiger partial charge in [-0.25, -0.2) is 0 Å². The van der Waals surface area contributed by atoms with Crippen molar-refractivity contribution in [3.05, 3.63) is 29.3 Å². The van der Waals surface area contributed by atoms with E-state index in [1.54, 1.807) is 11.9 Å². The number of hydrogen-bond acceptors (Lipinski definition) is 4. The molecule has 5 nitrogen and oxygen atoms in total. The summed E-state index contributed by atoms with van der Waals surface area (Å²) in [6.45, 7) is 4.30. The third-order valence-corrected chi connectivity index (χ3v) is 4.23. The number of carbonyl (C=O) groups excluding carboxylic acids is 1. The number of rotatable bonds is 5. The van der Waals surface area contributed by atoms with E-state index in [9.17, 15) is 4.79 Å². The lowest BCUT2D eigenvalue weighted by Crippen LogP contribution is -2.49. The van der Waals surface area contributed by atoms with Crippen LogP contribution in [0.2, 0.25) is 5.02 Å². The van der Waals surface area contributed by atoms with Crippen molar-refractivity contribution in [1.82, 2.24) is 9.80 Å². The fourth-order valence-electron chi connectivity index (χ4n) is 2.51. The number of para-hydroxylation sites is 1. The van der Waals surface area contributed by atoms with E-state index in [1.807, 2.05) is 24.3 Å². The van der Waals surface area contributed by atoms with Crippen LogP contribution in [-0.2, 0) is 4.79 Å². The Bertz CT molecular complexity index is 549. The molecule has 0 saturated carbocycles. The Labute approximate surface area is 136 Å². The van der Waals surface area contributed by atoms with Gasteiger partial charge in [-0.15, -0.1) is 0 Å². The Morgan fingerprint density at radius 1 is 1.32 bits per heavy atom. The maximum Gasteiger partial charge on any atom is 0.236 e. The normalized spacial score (nSPS) is 15.4. The van der Waals surface area contributed by atoms with E-state index in [4.69, 9.17) is 16.9 Å². The predicted octanol–water partition coefficient (Wildman–Crippen LogP) is 1.83. The van der Waals surface area contributed by atoms with Gasteiger partial charge in [0.1, 0.15) is 0 Å². The van der Waals surface area contributed by atoms with E-state index >= 15 is 0 Å². The molecule has 0 N–H and O–H groups in total. The minimum atomic E-state index is 0.0708. The van der Waals surface area contributed by atoms with Gasteiger partial charge in [0, 0.05) is 39.8 Å². The summed E-state index contributed by atoms with van der Waals surface area (Å²) in [5.74, 6) is 0.0708. The molecule has 1 heterocycles. The van der Waals surface area contributed by atoms with Gasteiger partial charge >= 0.3 is 0 Å². The molecule has 1 aromatic carbocycles. The molecular formula is C16H21ClN4O. The monoisotopic (exact) mass is 320 g/mol. The molecule has 0 aromatic heterocycles. The van der Waals surface area contributed by atoms with Crippen LogP contribution >= 0.6 is 11.6 Å². The number of nitrogens with zero attached hydrogens (tertiary/aromatic N) is 4. The highest BCUT2D eigenvalue weighted by Gasteiger charge is 2.21. The zero-order chi connectivity index (χ0) is 15.9. The maximum absolute atomic E-state index is 12.1. The zero-order valence-corrected chi connectivity index (χ0v) is 13.6. The Kier molecular flexibility index (Phi) is 6.05. The predicted molar refractivity (Wildman–Crippen MR) is 88.0 cm³/mol. The third-order valence-electron chi connectivity index (χ3n) is 3.91. The number of carbonyl (C=O) groups is 1. The molecule has 0 unspecified atom stereocenters. The third kappa shape index (κ3) is 4.36. The smallest absolute Gasteiger partial charge is 0.236 e. The quantitative estimate of drug-likeness (QED) is 0.830. The number of halogens is 1. The van der Waals surface area contributed by atoms with Crippen LogP contribution in [0.1, 0.15) is 6.42 Å². The molecule has 2 rings (SSSR count). The number of nitriles is 1. The lowest BCUT2D eigenvalue weighted by molar-refractivity contribution is -0.131. The van der Waals surface area contributed by atoms with Crippen LogP contribution in [0.25, 0.3) is 0 Å². The second-order valence-corrected chi connectivity index (χ2v) is 5.85. The van der Waals surface area contributed by atoms with Crippen molar-refractivity contribution >= 4 is 23.2 Å². The first-order chi connectivity index (χ1) is 10.6. The van der Waals surface area contributed by atoms with Gasteiger partial charge in [-0.3, -0.25) is 9.69 Å². The molecule has 1 amide bonds. The number of anilines is 1. The van der Waals surface area contributed by atoms with Crippen LogP contribution in [0, 0.1) is 11.3 Å². The van der Waals surface area contributed by atoms with Crippen molar-refractivity contribution in [2.45, 2.75) is 6.42 Å². The van der Waals surface area contributed by atoms with Gasteiger partial charge < -0.3 is 9.80 Å². The fraction of sp³-hybridized carbons (Fsp3) is 0.500. The Morgan fingerprint density at radius 2 is 2.00 bits per heavy atom. The van der Waals surface area contributed by atoms with Gasteiger partial charge in [-0.1, -0.05) is 23.7 Å². The summed E-state index contributed by atoms with van der Waals surface area (Å²) < 4.78 is 0. The van der Waals surface area contributed by atoms with Gasteiger partial charge in [-0.2, -0.15) is 5.26 Å². The zero-order valence-electron chi connectivity index (χ0n) is 12.8. The van der Waals surface area contributed by atoms with Gasteiger partial charge in [0.05, 0.1) is 29.7 Å². The standard InChI is InChI=1S/C16H21ClN4O/c1-19(8-4-7-18)16(22)13-20-9-11-21(12-10-20)15-6-3-2-5-14(15)17/h2-3,5-6H,4,8-13H2,1H3. The number of benzene rings is 1. The highest BCUT2D eigenvalue weighted by atomic mass is 35.5. The van der Waals surface area contributed by atoms with Gasteiger partial charge in [-0.05, 0) is 12.1 Å². The van der Waals surface area contributed by atoms with Crippen LogP contribution in [0.4, 0.5) is 5.69 Å². The van der Waals surface area contributed by atoms with E-state index in [0.29, 0.717) is 19.5 Å². The number of likely N-dealkylation sites (N-methyl/N-ethyl adjacent to an activating group) is 1. The first kappa shape index (κ1) is 16.6. The average molecular weight is 321 g/mol. The largest absolute Gasteiger partial charge is 0.368 e. The molecule has 0 aliphatic carbocycles. The Hall–Kier alpha value is -1.77. The van der Waals surface area contributed by atoms with Crippen molar-refractivity contribution in [2.75, 3.05) is 51.2 Å². The molecule has 118 valence electrons. The van der Waals surface area contributed by atoms with Crippen LogP contribution in [0.3, 0.4) is 0 Å². The van der Waals surface area contributed by atoms with Crippen LogP contribution in [0.15, 0.2) is 24.3 Å². The fourth-order valence-corrected chi connectivity index (χ4v) is 2.76. The molecule has 0 bridgehead atoms. The van der Waals surface area contributed by atoms with Crippen LogP contribution < -0.4 is 4.90 Å². The second kappa shape index (κ2) is 8.02. The summed E-state index contributed by atoms with van der Waals surface area (Å²) in [7, 11) is 1.75. The summed E-state index contributed by atoms with van der Waals surface area (Å²) in [5, 5.41) is 9.33. The number of amides is 1. The average Bonchev–Trinajstić information content (AvgIpc) is 2.54. The second-order valence-electron chi connectivity index (χ2n) is 5.44. The lowest BCUT2D eigenvalue weighted by Gasteiger charge is -2.36. The molecule has 0 radical (unpaired) electrons. The van der Waals surface area contributed by atoms with E-state index < -0.39 is 0 Å². The summed E-state index contributed by atoms with van der Waals surface area (Å²) in [6, 6.07) is 9.90. The van der Waals surface area contributed by atoms with E-state index in [-0.39, 0.29) is 5.91 Å². The molecule has 1 aliphatic heterocycles. The summed E-state index contributed by atoms with van der Waals surface area (Å²) in [5.41, 5.74) is 1.06. The number of hydrogen-bond donors (Lipinski definition) is 0. The van der Waals surface area contributed by atoms with Crippen molar-refractivity contribution in [3.63, 3.8) is 0 Å². The molecule has 6 heteroatoms. The molecule has 1 saturated heterocycles. The topological polar surface area (TPSA) is 50.6 Å². The molecule has 1 aliphatic rings. The summed E-state index contributed by atoms with van der Waals surface area (Å²) >= 11 is 6.23. The minimum Gasteiger partial charge on any atom is -0.368 e. The molecule has 0 atom stereocenters. The van der Waals surface area contributed by atoms with Crippen molar-refractivity contribution in [1.29, 1.82) is 5.26 Å². The lowest BCUT2D eigenvalue weighted by atomic mass is 10.2. The summed E-state index contributed by atoms with van der Waals surface area (Å²) in [6.07, 6.45) is 0.378. The number of piperazine rings is 1. The van der Waals surface area contributed by atoms with Crippen molar-refractivity contribution in [2.24, 2.45) is 0 Å². The van der Waals surface area contributed by atoms with Crippen LogP contribution in [-0.4, -0.2) is 62.0 Å². The maximum atomic E-state index is 12.1. The SMILES string of the molecule is CN(CCC#N)C(=O)CN1CCN(c2ccccc2Cl)CC1. The summed E-state index contributed by atoms with van der Waals surface area (Å²) in [4.78, 5) is 18.1. The van der Waals surface area contributed by atoms with Gasteiger partial charge in [0.15, 0.2) is 0 Å². The minimum absolute atomic E-state index is 0.0708. The Morgan fingerprint density at radius 3 is 2.64 bits per heavy atom. The molecule has 1 fully saturated rings. The van der Waals surface area contributed by atoms with E-state index in [2.05, 4.69) is 15.9 Å². The first-order valence-electron chi connectivity index (χ1n) is 7.44. The Balaban J connectivity index is 1.81. The van der Waals surface area contributed by atoms with Crippen molar-refractivity contribution < 1.29 is 4.79 Å². The van der Waals surface area contributed by atoms with Crippen LogP contribution in [0.5, 0.6) is 0 Å². The van der Waals surface area contributed by atoms with E-state index in [1.165, 1.54) is 0 Å². The van der Waals surface area contributed by atoms with Crippen molar-refractivity contribution in [3.8, 4) is 6.07 Å². The highest BCUT2D eigenvalue weighted by molar-refractivity contribution is 6.33. The highest BCUT2D eigenvalue weighted by Crippen LogP contribution is 2.25. The van der Waals surface area contributed by atoms with Gasteiger partial charge in [0.25, 0.3) is 0 Å².